The molecule has 1 rings (SSSR count). The Morgan fingerprint density at radius 1 is 1.29 bits per heavy atom. The molecule has 3 nitrogen and oxygen atoms in total. The summed E-state index contributed by atoms with van der Waals surface area (Å²) in [7, 11) is 3.98. The number of hydrogen-bond donors (Lipinski definition) is 1. The molecule has 2 atom stereocenters. The molecule has 0 saturated carbocycles. The summed E-state index contributed by atoms with van der Waals surface area (Å²) in [5, 5.41) is 3.47. The molecule has 1 N–H and O–H groups in total. The summed E-state index contributed by atoms with van der Waals surface area (Å²) < 4.78 is 5.12. The number of rotatable bonds is 4. The van der Waals surface area contributed by atoms with Crippen LogP contribution in [0.5, 0.6) is 0 Å². The van der Waals surface area contributed by atoms with Crippen molar-refractivity contribution in [1.82, 2.24) is 10.2 Å². The van der Waals surface area contributed by atoms with Crippen molar-refractivity contribution in [2.75, 3.05) is 40.4 Å². The molecule has 84 valence electrons. The lowest BCUT2D eigenvalue weighted by atomic mass is 9.86. The maximum Gasteiger partial charge on any atom is 0.0589 e. The number of nitrogens with one attached hydrogen (secondary N) is 1. The van der Waals surface area contributed by atoms with E-state index in [0.29, 0.717) is 6.04 Å². The largest absolute Gasteiger partial charge is 0.383 e. The zero-order valence-corrected chi connectivity index (χ0v) is 9.92. The monoisotopic (exact) mass is 200 g/mol. The first-order valence-electron chi connectivity index (χ1n) is 5.56. The Bertz CT molecular complexity index is 153. The highest BCUT2D eigenvalue weighted by molar-refractivity contribution is 4.86. The van der Waals surface area contributed by atoms with E-state index < -0.39 is 0 Å². The molecule has 1 fully saturated rings. The smallest absolute Gasteiger partial charge is 0.0589 e. The summed E-state index contributed by atoms with van der Waals surface area (Å²) in [6.07, 6.45) is 0. The Labute approximate surface area is 87.8 Å². The lowest BCUT2D eigenvalue weighted by Gasteiger charge is -2.41. The first-order chi connectivity index (χ1) is 6.66. The average Bonchev–Trinajstić information content (AvgIpc) is 2.14. The van der Waals surface area contributed by atoms with Gasteiger partial charge in [0.15, 0.2) is 0 Å². The van der Waals surface area contributed by atoms with Gasteiger partial charge in [-0.05, 0) is 32.0 Å². The molecule has 3 heteroatoms. The van der Waals surface area contributed by atoms with Gasteiger partial charge in [-0.3, -0.25) is 0 Å². The van der Waals surface area contributed by atoms with Gasteiger partial charge in [0, 0.05) is 19.7 Å². The lowest BCUT2D eigenvalue weighted by Crippen LogP contribution is -2.53. The fraction of sp³-hybridized carbons (Fsp3) is 1.00. The molecule has 1 heterocycles. The van der Waals surface area contributed by atoms with Crippen molar-refractivity contribution < 1.29 is 4.74 Å². The quantitative estimate of drug-likeness (QED) is 0.727. The Balaban J connectivity index is 2.45. The van der Waals surface area contributed by atoms with E-state index in [1.807, 2.05) is 0 Å². The average molecular weight is 200 g/mol. The summed E-state index contributed by atoms with van der Waals surface area (Å²) in [5.41, 5.74) is 0. The molecule has 0 bridgehead atoms. The third-order valence-corrected chi connectivity index (χ3v) is 3.26. The van der Waals surface area contributed by atoms with Gasteiger partial charge in [-0.2, -0.15) is 0 Å². The molecule has 0 aliphatic carbocycles. The van der Waals surface area contributed by atoms with E-state index in [4.69, 9.17) is 4.74 Å². The van der Waals surface area contributed by atoms with Crippen molar-refractivity contribution in [1.29, 1.82) is 0 Å². The number of methoxy groups -OCH3 is 1. The van der Waals surface area contributed by atoms with Gasteiger partial charge in [-0.1, -0.05) is 13.8 Å². The van der Waals surface area contributed by atoms with E-state index in [2.05, 4.69) is 31.1 Å². The van der Waals surface area contributed by atoms with Crippen LogP contribution in [0.3, 0.4) is 0 Å². The van der Waals surface area contributed by atoms with Crippen LogP contribution in [0.2, 0.25) is 0 Å². The van der Waals surface area contributed by atoms with Crippen molar-refractivity contribution in [2.24, 2.45) is 11.8 Å². The maximum absolute atomic E-state index is 5.12. The van der Waals surface area contributed by atoms with Crippen molar-refractivity contribution in [2.45, 2.75) is 19.9 Å². The minimum absolute atomic E-state index is 0.700. The van der Waals surface area contributed by atoms with Crippen molar-refractivity contribution >= 4 is 0 Å². The number of hydrogen-bond acceptors (Lipinski definition) is 3. The minimum Gasteiger partial charge on any atom is -0.383 e. The zero-order chi connectivity index (χ0) is 10.6. The summed E-state index contributed by atoms with van der Waals surface area (Å²) >= 11 is 0. The Morgan fingerprint density at radius 3 is 2.36 bits per heavy atom. The molecular weight excluding hydrogens is 176 g/mol. The van der Waals surface area contributed by atoms with E-state index >= 15 is 0 Å². The molecule has 0 aromatic carbocycles. The second-order valence-corrected chi connectivity index (χ2v) is 4.58. The van der Waals surface area contributed by atoms with Crippen molar-refractivity contribution in [3.63, 3.8) is 0 Å². The van der Waals surface area contributed by atoms with Crippen molar-refractivity contribution in [3.8, 4) is 0 Å². The van der Waals surface area contributed by atoms with E-state index in [9.17, 15) is 0 Å². The van der Waals surface area contributed by atoms with Crippen molar-refractivity contribution in [3.05, 3.63) is 0 Å². The summed E-state index contributed by atoms with van der Waals surface area (Å²) in [4.78, 5) is 2.44. The molecule has 0 radical (unpaired) electrons. The predicted molar refractivity (Wildman–Crippen MR) is 59.5 cm³/mol. The van der Waals surface area contributed by atoms with Gasteiger partial charge in [-0.15, -0.1) is 0 Å². The van der Waals surface area contributed by atoms with Gasteiger partial charge in [0.25, 0.3) is 0 Å². The minimum atomic E-state index is 0.700. The summed E-state index contributed by atoms with van der Waals surface area (Å²) in [5.74, 6) is 1.47. The molecule has 1 saturated heterocycles. The SMILES string of the molecule is COCCN(C)C1C(C)CNCC1C. The standard InChI is InChI=1S/C11H24N2O/c1-9-7-12-8-10(2)11(9)13(3)5-6-14-4/h9-12H,5-8H2,1-4H3. The maximum atomic E-state index is 5.12. The Hall–Kier alpha value is -0.120. The Kier molecular flexibility index (Phi) is 4.85. The predicted octanol–water partition coefficient (Wildman–Crippen LogP) is 0.809. The second-order valence-electron chi connectivity index (χ2n) is 4.58. The van der Waals surface area contributed by atoms with E-state index in [1.165, 1.54) is 0 Å². The number of nitrogens with zero attached hydrogens (tertiary/aromatic N) is 1. The normalized spacial score (nSPS) is 33.6. The van der Waals surface area contributed by atoms with Crippen LogP contribution in [-0.2, 0) is 4.74 Å². The molecule has 1 aliphatic heterocycles. The molecule has 2 unspecified atom stereocenters. The molecule has 0 spiro atoms. The molecule has 1 aliphatic rings. The third kappa shape index (κ3) is 2.94. The molecular formula is C11H24N2O. The molecule has 0 aromatic rings. The summed E-state index contributed by atoms with van der Waals surface area (Å²) in [6.45, 7) is 8.82. The van der Waals surface area contributed by atoms with Gasteiger partial charge >= 0.3 is 0 Å². The highest BCUT2D eigenvalue weighted by atomic mass is 16.5. The zero-order valence-electron chi connectivity index (χ0n) is 9.92. The van der Waals surface area contributed by atoms with Gasteiger partial charge in [-0.25, -0.2) is 0 Å². The van der Waals surface area contributed by atoms with E-state index in [1.54, 1.807) is 7.11 Å². The van der Waals surface area contributed by atoms with Gasteiger partial charge in [0.05, 0.1) is 6.61 Å². The first-order valence-corrected chi connectivity index (χ1v) is 5.56. The van der Waals surface area contributed by atoms with Gasteiger partial charge in [0.1, 0.15) is 0 Å². The molecule has 0 amide bonds. The third-order valence-electron chi connectivity index (χ3n) is 3.26. The first kappa shape index (κ1) is 12.0. The second kappa shape index (κ2) is 5.69. The fourth-order valence-corrected chi connectivity index (χ4v) is 2.59. The van der Waals surface area contributed by atoms with Crippen LogP contribution in [0.15, 0.2) is 0 Å². The van der Waals surface area contributed by atoms with Crippen LogP contribution in [0.1, 0.15) is 13.8 Å². The van der Waals surface area contributed by atoms with E-state index in [0.717, 1.165) is 38.1 Å². The number of likely N-dealkylation sites (N-methyl/N-ethyl adjacent to an activating group) is 1. The summed E-state index contributed by atoms with van der Waals surface area (Å²) in [6, 6.07) is 0.700. The van der Waals surface area contributed by atoms with E-state index in [-0.39, 0.29) is 0 Å². The van der Waals surface area contributed by atoms with Gasteiger partial charge < -0.3 is 15.0 Å². The van der Waals surface area contributed by atoms with Crippen LogP contribution in [-0.4, -0.2) is 51.3 Å². The molecule has 0 aromatic heterocycles. The van der Waals surface area contributed by atoms with Gasteiger partial charge in [0.2, 0.25) is 0 Å². The topological polar surface area (TPSA) is 24.5 Å². The van der Waals surface area contributed by atoms with Crippen LogP contribution in [0.25, 0.3) is 0 Å². The van der Waals surface area contributed by atoms with Crippen LogP contribution in [0.4, 0.5) is 0 Å². The number of ether oxygens (including phenoxy) is 1. The van der Waals surface area contributed by atoms with Crippen LogP contribution in [0, 0.1) is 11.8 Å². The lowest BCUT2D eigenvalue weighted by molar-refractivity contribution is 0.0735. The fourth-order valence-electron chi connectivity index (χ4n) is 2.59. The highest BCUT2D eigenvalue weighted by Crippen LogP contribution is 2.21. The molecule has 14 heavy (non-hydrogen) atoms. The highest BCUT2D eigenvalue weighted by Gasteiger charge is 2.30. The Morgan fingerprint density at radius 2 is 1.86 bits per heavy atom. The number of piperidine rings is 1. The van der Waals surface area contributed by atoms with Crippen LogP contribution < -0.4 is 5.32 Å². The van der Waals surface area contributed by atoms with Crippen LogP contribution >= 0.6 is 0 Å².